The first kappa shape index (κ1) is 16.2. The van der Waals surface area contributed by atoms with Crippen molar-refractivity contribution in [3.63, 3.8) is 0 Å². The molecule has 4 heteroatoms. The minimum atomic E-state index is 0.238. The molecule has 1 fully saturated rings. The van der Waals surface area contributed by atoms with E-state index in [0.29, 0.717) is 0 Å². The first-order valence-electron chi connectivity index (χ1n) is 7.84. The van der Waals surface area contributed by atoms with Crippen LogP contribution in [-0.2, 0) is 4.74 Å². The summed E-state index contributed by atoms with van der Waals surface area (Å²) in [4.78, 5) is 5.54. The van der Waals surface area contributed by atoms with Gasteiger partial charge in [-0.1, -0.05) is 12.2 Å². The Kier molecular flexibility index (Phi) is 5.59. The number of anilines is 1. The maximum atomic E-state index is 5.77. The maximum absolute atomic E-state index is 5.77. The van der Waals surface area contributed by atoms with E-state index in [2.05, 4.69) is 61.8 Å². The van der Waals surface area contributed by atoms with E-state index < -0.39 is 0 Å². The highest BCUT2D eigenvalue weighted by Crippen LogP contribution is 2.19. The molecular formula is C17H26N2OS. The highest BCUT2D eigenvalue weighted by Gasteiger charge is 2.24. The molecule has 0 bridgehead atoms. The Morgan fingerprint density at radius 2 is 1.67 bits per heavy atom. The van der Waals surface area contributed by atoms with Crippen molar-refractivity contribution >= 4 is 22.9 Å². The monoisotopic (exact) mass is 306 g/mol. The summed E-state index contributed by atoms with van der Waals surface area (Å²) < 4.78 is 5.77. The Bertz CT molecular complexity index is 460. The van der Waals surface area contributed by atoms with Gasteiger partial charge in [0.1, 0.15) is 4.99 Å². The molecule has 1 heterocycles. The van der Waals surface area contributed by atoms with Crippen LogP contribution in [0.4, 0.5) is 5.69 Å². The van der Waals surface area contributed by atoms with E-state index in [1.165, 1.54) is 5.69 Å². The van der Waals surface area contributed by atoms with Crippen LogP contribution in [0.15, 0.2) is 24.3 Å². The summed E-state index contributed by atoms with van der Waals surface area (Å²) in [5.74, 6) is 0. The predicted molar refractivity (Wildman–Crippen MR) is 93.3 cm³/mol. The van der Waals surface area contributed by atoms with Crippen molar-refractivity contribution in [2.24, 2.45) is 0 Å². The van der Waals surface area contributed by atoms with Crippen molar-refractivity contribution in [2.45, 2.75) is 39.9 Å². The van der Waals surface area contributed by atoms with Gasteiger partial charge in [0.25, 0.3) is 0 Å². The quantitative estimate of drug-likeness (QED) is 0.793. The van der Waals surface area contributed by atoms with Crippen LogP contribution in [0, 0.1) is 0 Å². The molecule has 1 aromatic rings. The summed E-state index contributed by atoms with van der Waals surface area (Å²) in [5.41, 5.74) is 2.39. The second-order valence-electron chi connectivity index (χ2n) is 5.69. The molecule has 1 saturated heterocycles. The number of nitrogens with zero attached hydrogens (tertiary/aromatic N) is 2. The van der Waals surface area contributed by atoms with Gasteiger partial charge in [-0.3, -0.25) is 0 Å². The maximum Gasteiger partial charge on any atom is 0.109 e. The highest BCUT2D eigenvalue weighted by atomic mass is 32.1. The molecule has 1 aliphatic heterocycles. The molecule has 0 aliphatic carbocycles. The normalized spacial score (nSPS) is 22.2. The molecule has 2 rings (SSSR count). The van der Waals surface area contributed by atoms with Crippen molar-refractivity contribution in [1.29, 1.82) is 0 Å². The first-order chi connectivity index (χ1) is 10.0. The summed E-state index contributed by atoms with van der Waals surface area (Å²) >= 11 is 5.67. The molecule has 0 N–H and O–H groups in total. The van der Waals surface area contributed by atoms with E-state index in [0.717, 1.165) is 36.7 Å². The zero-order valence-corrected chi connectivity index (χ0v) is 14.3. The number of hydrogen-bond donors (Lipinski definition) is 0. The Morgan fingerprint density at radius 3 is 2.14 bits per heavy atom. The standard InChI is InChI=1S/C17H26N2OS/c1-5-18(6-2)16-9-7-15(8-10-16)17(21)19-11-13(3)20-14(4)12-19/h7-10,13-14H,5-6,11-12H2,1-4H3/t13-,14-/m0/s1. The SMILES string of the molecule is CCN(CC)c1ccc(C(=S)N2C[C@H](C)O[C@@H](C)C2)cc1. The summed E-state index contributed by atoms with van der Waals surface area (Å²) in [6.45, 7) is 12.4. The van der Waals surface area contributed by atoms with E-state index in [-0.39, 0.29) is 12.2 Å². The molecule has 1 aliphatic rings. The first-order valence-corrected chi connectivity index (χ1v) is 8.25. The minimum absolute atomic E-state index is 0.238. The van der Waals surface area contributed by atoms with Crippen LogP contribution in [0.2, 0.25) is 0 Å². The van der Waals surface area contributed by atoms with Gasteiger partial charge < -0.3 is 14.5 Å². The van der Waals surface area contributed by atoms with Crippen LogP contribution < -0.4 is 4.90 Å². The fraction of sp³-hybridized carbons (Fsp3) is 0.588. The average molecular weight is 306 g/mol. The smallest absolute Gasteiger partial charge is 0.109 e. The lowest BCUT2D eigenvalue weighted by atomic mass is 10.1. The van der Waals surface area contributed by atoms with Crippen LogP contribution in [-0.4, -0.2) is 48.3 Å². The van der Waals surface area contributed by atoms with E-state index in [1.807, 2.05) is 0 Å². The van der Waals surface area contributed by atoms with Crippen LogP contribution in [0.1, 0.15) is 33.3 Å². The molecule has 0 spiro atoms. The third-order valence-electron chi connectivity index (χ3n) is 3.95. The third-order valence-corrected chi connectivity index (χ3v) is 4.44. The molecule has 0 amide bonds. The van der Waals surface area contributed by atoms with Crippen LogP contribution >= 0.6 is 12.2 Å². The molecule has 0 aromatic heterocycles. The van der Waals surface area contributed by atoms with E-state index in [9.17, 15) is 0 Å². The van der Waals surface area contributed by atoms with Crippen LogP contribution in [0.3, 0.4) is 0 Å². The zero-order chi connectivity index (χ0) is 15.4. The van der Waals surface area contributed by atoms with Gasteiger partial charge in [0.15, 0.2) is 0 Å². The molecule has 0 radical (unpaired) electrons. The second kappa shape index (κ2) is 7.23. The van der Waals surface area contributed by atoms with Gasteiger partial charge in [-0.15, -0.1) is 0 Å². The summed E-state index contributed by atoms with van der Waals surface area (Å²) in [5, 5.41) is 0. The number of hydrogen-bond acceptors (Lipinski definition) is 3. The van der Waals surface area contributed by atoms with Crippen molar-refractivity contribution < 1.29 is 4.74 Å². The average Bonchev–Trinajstić information content (AvgIpc) is 2.47. The Hall–Kier alpha value is -1.13. The van der Waals surface area contributed by atoms with E-state index >= 15 is 0 Å². The van der Waals surface area contributed by atoms with Gasteiger partial charge in [0.2, 0.25) is 0 Å². The molecular weight excluding hydrogens is 280 g/mol. The second-order valence-corrected chi connectivity index (χ2v) is 6.07. The topological polar surface area (TPSA) is 15.7 Å². The van der Waals surface area contributed by atoms with Crippen LogP contribution in [0.5, 0.6) is 0 Å². The third kappa shape index (κ3) is 3.95. The predicted octanol–water partition coefficient (Wildman–Crippen LogP) is 3.32. The summed E-state index contributed by atoms with van der Waals surface area (Å²) in [7, 11) is 0. The molecule has 3 nitrogen and oxygen atoms in total. The summed E-state index contributed by atoms with van der Waals surface area (Å²) in [6.07, 6.45) is 0.475. The Labute approximate surface area is 133 Å². The molecule has 0 unspecified atom stereocenters. The van der Waals surface area contributed by atoms with Gasteiger partial charge in [-0.2, -0.15) is 0 Å². The van der Waals surface area contributed by atoms with E-state index in [1.54, 1.807) is 0 Å². The molecule has 116 valence electrons. The molecule has 0 saturated carbocycles. The largest absolute Gasteiger partial charge is 0.372 e. The van der Waals surface area contributed by atoms with Gasteiger partial charge in [-0.25, -0.2) is 0 Å². The van der Waals surface area contributed by atoms with Crippen molar-refractivity contribution in [1.82, 2.24) is 4.90 Å². The molecule has 2 atom stereocenters. The fourth-order valence-corrected chi connectivity index (χ4v) is 3.22. The number of benzene rings is 1. The lowest BCUT2D eigenvalue weighted by Crippen LogP contribution is -2.47. The fourth-order valence-electron chi connectivity index (χ4n) is 2.93. The number of rotatable bonds is 4. The zero-order valence-electron chi connectivity index (χ0n) is 13.5. The molecule has 21 heavy (non-hydrogen) atoms. The minimum Gasteiger partial charge on any atom is -0.372 e. The van der Waals surface area contributed by atoms with E-state index in [4.69, 9.17) is 17.0 Å². The molecule has 1 aromatic carbocycles. The number of ether oxygens (including phenoxy) is 1. The van der Waals surface area contributed by atoms with Crippen molar-refractivity contribution in [2.75, 3.05) is 31.1 Å². The van der Waals surface area contributed by atoms with Gasteiger partial charge in [0, 0.05) is 37.4 Å². The highest BCUT2D eigenvalue weighted by molar-refractivity contribution is 7.80. The number of thiocarbonyl (C=S) groups is 1. The van der Waals surface area contributed by atoms with Crippen molar-refractivity contribution in [3.05, 3.63) is 29.8 Å². The van der Waals surface area contributed by atoms with Gasteiger partial charge >= 0.3 is 0 Å². The Balaban J connectivity index is 2.09. The summed E-state index contributed by atoms with van der Waals surface area (Å²) in [6, 6.07) is 8.62. The van der Waals surface area contributed by atoms with Gasteiger partial charge in [-0.05, 0) is 52.0 Å². The van der Waals surface area contributed by atoms with Crippen molar-refractivity contribution in [3.8, 4) is 0 Å². The lowest BCUT2D eigenvalue weighted by molar-refractivity contribution is -0.0472. The Morgan fingerprint density at radius 1 is 1.14 bits per heavy atom. The lowest BCUT2D eigenvalue weighted by Gasteiger charge is -2.37. The number of morpholine rings is 1. The van der Waals surface area contributed by atoms with Gasteiger partial charge in [0.05, 0.1) is 12.2 Å². The van der Waals surface area contributed by atoms with Crippen LogP contribution in [0.25, 0.3) is 0 Å².